The summed E-state index contributed by atoms with van der Waals surface area (Å²) in [7, 11) is 0. The Balaban J connectivity index is 1.69. The summed E-state index contributed by atoms with van der Waals surface area (Å²) < 4.78 is 6.08. The summed E-state index contributed by atoms with van der Waals surface area (Å²) in [6.07, 6.45) is 7.44. The van der Waals surface area contributed by atoms with E-state index in [0.717, 1.165) is 19.0 Å². The molecule has 0 aromatic carbocycles. The van der Waals surface area contributed by atoms with E-state index in [-0.39, 0.29) is 0 Å². The van der Waals surface area contributed by atoms with Crippen molar-refractivity contribution in [3.05, 3.63) is 0 Å². The van der Waals surface area contributed by atoms with Crippen LogP contribution in [-0.2, 0) is 4.74 Å². The maximum absolute atomic E-state index is 6.08. The van der Waals surface area contributed by atoms with Crippen LogP contribution in [0, 0.1) is 5.92 Å². The molecule has 0 bridgehead atoms. The fourth-order valence-corrected chi connectivity index (χ4v) is 4.04. The maximum Gasteiger partial charge on any atom is 0.0706 e. The molecule has 3 nitrogen and oxygen atoms in total. The highest BCUT2D eigenvalue weighted by Gasteiger charge is 2.49. The average molecular weight is 280 g/mol. The van der Waals surface area contributed by atoms with Gasteiger partial charge in [0.15, 0.2) is 0 Å². The van der Waals surface area contributed by atoms with Crippen molar-refractivity contribution in [2.45, 2.75) is 83.1 Å². The lowest BCUT2D eigenvalue weighted by atomic mass is 9.84. The second-order valence-corrected chi connectivity index (χ2v) is 7.92. The van der Waals surface area contributed by atoms with E-state index in [9.17, 15) is 0 Å². The van der Waals surface area contributed by atoms with Crippen molar-refractivity contribution in [2.24, 2.45) is 5.92 Å². The van der Waals surface area contributed by atoms with Crippen LogP contribution in [-0.4, -0.2) is 47.8 Å². The standard InChI is InChI=1S/C17H32N2O/c1-5-16(3)11-18-17(4,14-7-8-14)12-19(16)10-15-9-6-13(2)20-15/h13-15,18H,5-12H2,1-4H3. The van der Waals surface area contributed by atoms with Crippen molar-refractivity contribution in [3.8, 4) is 0 Å². The van der Waals surface area contributed by atoms with E-state index in [1.807, 2.05) is 0 Å². The Morgan fingerprint density at radius 3 is 2.50 bits per heavy atom. The van der Waals surface area contributed by atoms with Gasteiger partial charge in [0.05, 0.1) is 12.2 Å². The topological polar surface area (TPSA) is 24.5 Å². The van der Waals surface area contributed by atoms with Crippen molar-refractivity contribution in [3.63, 3.8) is 0 Å². The minimum absolute atomic E-state index is 0.295. The Labute approximate surface area is 124 Å². The number of hydrogen-bond acceptors (Lipinski definition) is 3. The number of rotatable bonds is 4. The fourth-order valence-electron chi connectivity index (χ4n) is 4.04. The summed E-state index contributed by atoms with van der Waals surface area (Å²) in [6, 6.07) is 0. The van der Waals surface area contributed by atoms with E-state index in [1.165, 1.54) is 38.6 Å². The Bertz CT molecular complexity index is 357. The first-order valence-electron chi connectivity index (χ1n) is 8.61. The number of nitrogens with one attached hydrogen (secondary N) is 1. The van der Waals surface area contributed by atoms with Crippen LogP contribution >= 0.6 is 0 Å². The maximum atomic E-state index is 6.08. The van der Waals surface area contributed by atoms with Gasteiger partial charge in [-0.2, -0.15) is 0 Å². The molecule has 0 aromatic rings. The molecule has 0 radical (unpaired) electrons. The summed E-state index contributed by atoms with van der Waals surface area (Å²) in [5, 5.41) is 3.88. The molecule has 0 spiro atoms. The first-order valence-corrected chi connectivity index (χ1v) is 8.61. The molecule has 3 fully saturated rings. The van der Waals surface area contributed by atoms with Crippen LogP contribution < -0.4 is 5.32 Å². The molecular weight excluding hydrogens is 248 g/mol. The predicted molar refractivity (Wildman–Crippen MR) is 83.0 cm³/mol. The third-order valence-electron chi connectivity index (χ3n) is 6.14. The Morgan fingerprint density at radius 1 is 1.20 bits per heavy atom. The highest BCUT2D eigenvalue weighted by molar-refractivity contribution is 5.07. The molecule has 0 amide bonds. The first-order chi connectivity index (χ1) is 9.45. The quantitative estimate of drug-likeness (QED) is 0.857. The normalized spacial score (nSPS) is 46.8. The van der Waals surface area contributed by atoms with Crippen molar-refractivity contribution in [2.75, 3.05) is 19.6 Å². The zero-order valence-electron chi connectivity index (χ0n) is 13.7. The first kappa shape index (κ1) is 14.8. The minimum atomic E-state index is 0.295. The average Bonchev–Trinajstić information content (AvgIpc) is 3.20. The van der Waals surface area contributed by atoms with Crippen LogP contribution in [0.1, 0.15) is 59.8 Å². The van der Waals surface area contributed by atoms with Gasteiger partial charge in [0.1, 0.15) is 0 Å². The van der Waals surface area contributed by atoms with E-state index >= 15 is 0 Å². The number of piperazine rings is 1. The number of nitrogens with zero attached hydrogens (tertiary/aromatic N) is 1. The zero-order chi connectivity index (χ0) is 14.4. The molecule has 3 heteroatoms. The largest absolute Gasteiger partial charge is 0.374 e. The highest BCUT2D eigenvalue weighted by atomic mass is 16.5. The van der Waals surface area contributed by atoms with Gasteiger partial charge in [0.2, 0.25) is 0 Å². The lowest BCUT2D eigenvalue weighted by Crippen LogP contribution is -2.69. The van der Waals surface area contributed by atoms with Gasteiger partial charge in [-0.05, 0) is 58.8 Å². The predicted octanol–water partition coefficient (Wildman–Crippen LogP) is 2.80. The van der Waals surface area contributed by atoms with Gasteiger partial charge >= 0.3 is 0 Å². The lowest BCUT2D eigenvalue weighted by Gasteiger charge is -2.53. The summed E-state index contributed by atoms with van der Waals surface area (Å²) in [5.74, 6) is 0.898. The molecule has 3 aliphatic rings. The van der Waals surface area contributed by atoms with Crippen molar-refractivity contribution in [1.82, 2.24) is 10.2 Å². The Hall–Kier alpha value is -0.120. The third kappa shape index (κ3) is 2.77. The SMILES string of the molecule is CCC1(C)CNC(C)(C2CC2)CN1CC1CCC(C)O1. The van der Waals surface area contributed by atoms with Crippen LogP contribution in [0.5, 0.6) is 0 Å². The fraction of sp³-hybridized carbons (Fsp3) is 1.00. The monoisotopic (exact) mass is 280 g/mol. The number of ether oxygens (including phenoxy) is 1. The van der Waals surface area contributed by atoms with Crippen molar-refractivity contribution < 1.29 is 4.74 Å². The van der Waals surface area contributed by atoms with Crippen LogP contribution in [0.3, 0.4) is 0 Å². The molecular formula is C17H32N2O. The van der Waals surface area contributed by atoms with E-state index in [1.54, 1.807) is 0 Å². The van der Waals surface area contributed by atoms with E-state index in [2.05, 4.69) is 37.9 Å². The van der Waals surface area contributed by atoms with Gasteiger partial charge in [-0.3, -0.25) is 4.90 Å². The third-order valence-corrected chi connectivity index (χ3v) is 6.14. The molecule has 4 atom stereocenters. The molecule has 2 saturated heterocycles. The summed E-state index contributed by atoms with van der Waals surface area (Å²) in [6.45, 7) is 12.8. The summed E-state index contributed by atoms with van der Waals surface area (Å²) in [5.41, 5.74) is 0.627. The molecule has 3 rings (SSSR count). The van der Waals surface area contributed by atoms with Gasteiger partial charge in [-0.15, -0.1) is 0 Å². The van der Waals surface area contributed by atoms with Crippen LogP contribution in [0.2, 0.25) is 0 Å². The Morgan fingerprint density at radius 2 is 1.95 bits per heavy atom. The summed E-state index contributed by atoms with van der Waals surface area (Å²) in [4.78, 5) is 2.74. The lowest BCUT2D eigenvalue weighted by molar-refractivity contribution is -0.0366. The molecule has 116 valence electrons. The molecule has 2 aliphatic heterocycles. The van der Waals surface area contributed by atoms with E-state index < -0.39 is 0 Å². The highest BCUT2D eigenvalue weighted by Crippen LogP contribution is 2.43. The molecule has 0 aromatic heterocycles. The van der Waals surface area contributed by atoms with Gasteiger partial charge in [0.25, 0.3) is 0 Å². The van der Waals surface area contributed by atoms with Gasteiger partial charge in [-0.25, -0.2) is 0 Å². The van der Waals surface area contributed by atoms with Crippen LogP contribution in [0.15, 0.2) is 0 Å². The van der Waals surface area contributed by atoms with Gasteiger partial charge in [-0.1, -0.05) is 6.92 Å². The smallest absolute Gasteiger partial charge is 0.0706 e. The summed E-state index contributed by atoms with van der Waals surface area (Å²) >= 11 is 0. The molecule has 1 saturated carbocycles. The Kier molecular flexibility index (Phi) is 3.89. The molecule has 2 heterocycles. The van der Waals surface area contributed by atoms with Gasteiger partial charge < -0.3 is 10.1 Å². The second kappa shape index (κ2) is 5.26. The molecule has 20 heavy (non-hydrogen) atoms. The van der Waals surface area contributed by atoms with Crippen LogP contribution in [0.4, 0.5) is 0 Å². The van der Waals surface area contributed by atoms with Crippen LogP contribution in [0.25, 0.3) is 0 Å². The van der Waals surface area contributed by atoms with E-state index in [4.69, 9.17) is 4.74 Å². The molecule has 1 N–H and O–H groups in total. The zero-order valence-corrected chi connectivity index (χ0v) is 13.7. The second-order valence-electron chi connectivity index (χ2n) is 7.92. The van der Waals surface area contributed by atoms with Crippen molar-refractivity contribution >= 4 is 0 Å². The van der Waals surface area contributed by atoms with E-state index in [0.29, 0.717) is 23.3 Å². The molecule has 4 unspecified atom stereocenters. The van der Waals surface area contributed by atoms with Gasteiger partial charge in [0, 0.05) is 30.7 Å². The minimum Gasteiger partial charge on any atom is -0.374 e. The number of hydrogen-bond donors (Lipinski definition) is 1. The van der Waals surface area contributed by atoms with Crippen molar-refractivity contribution in [1.29, 1.82) is 0 Å². The molecule has 1 aliphatic carbocycles.